The number of aliphatic carboxylic acids is 1. The number of aryl methyl sites for hydroxylation is 1. The molecule has 0 fully saturated rings. The van der Waals surface area contributed by atoms with Gasteiger partial charge in [-0.3, -0.25) is 19.6 Å². The van der Waals surface area contributed by atoms with Crippen LogP contribution in [-0.2, 0) is 23.1 Å². The van der Waals surface area contributed by atoms with E-state index in [0.29, 0.717) is 13.0 Å². The normalized spacial score (nSPS) is 10.1. The number of carboxylic acids is 1. The molecule has 1 aromatic heterocycles. The lowest BCUT2D eigenvalue weighted by Crippen LogP contribution is -2.40. The summed E-state index contributed by atoms with van der Waals surface area (Å²) in [4.78, 5) is 32.9. The summed E-state index contributed by atoms with van der Waals surface area (Å²) in [7, 11) is 1.80. The molecule has 110 valence electrons. The van der Waals surface area contributed by atoms with E-state index in [1.165, 1.54) is 0 Å². The van der Waals surface area contributed by atoms with Gasteiger partial charge >= 0.3 is 12.0 Å². The molecule has 20 heavy (non-hydrogen) atoms. The highest BCUT2D eigenvalue weighted by Gasteiger charge is 2.08. The van der Waals surface area contributed by atoms with Gasteiger partial charge in [0.2, 0.25) is 5.91 Å². The highest BCUT2D eigenvalue weighted by atomic mass is 16.4. The van der Waals surface area contributed by atoms with Crippen molar-refractivity contribution in [2.75, 3.05) is 6.54 Å². The smallest absolute Gasteiger partial charge is 0.321 e. The van der Waals surface area contributed by atoms with Crippen LogP contribution >= 0.6 is 0 Å². The van der Waals surface area contributed by atoms with Crippen molar-refractivity contribution in [3.63, 3.8) is 0 Å². The minimum atomic E-state index is -0.961. The van der Waals surface area contributed by atoms with Gasteiger partial charge in [-0.15, -0.1) is 0 Å². The van der Waals surface area contributed by atoms with Gasteiger partial charge in [0.05, 0.1) is 5.69 Å². The largest absolute Gasteiger partial charge is 0.481 e. The van der Waals surface area contributed by atoms with E-state index in [2.05, 4.69) is 15.7 Å². The lowest BCUT2D eigenvalue weighted by atomic mass is 10.2. The van der Waals surface area contributed by atoms with Gasteiger partial charge in [-0.05, 0) is 12.5 Å². The molecule has 8 nitrogen and oxygen atoms in total. The van der Waals surface area contributed by atoms with Gasteiger partial charge < -0.3 is 10.4 Å². The maximum atomic E-state index is 11.4. The molecular weight excluding hydrogens is 264 g/mol. The highest BCUT2D eigenvalue weighted by molar-refractivity contribution is 5.94. The monoisotopic (exact) mass is 282 g/mol. The number of carbonyl (C=O) groups is 3. The van der Waals surface area contributed by atoms with Crippen LogP contribution in [0.15, 0.2) is 12.3 Å². The number of aromatic nitrogens is 2. The standard InChI is InChI=1S/C12H18N4O4/c1-16-8-6-9(15-16)5-7-13-12(20)14-10(17)3-2-4-11(18)19/h6,8H,2-5,7H2,1H3,(H,18,19)(H2,13,14,17,20). The van der Waals surface area contributed by atoms with Gasteiger partial charge in [0.1, 0.15) is 0 Å². The second kappa shape index (κ2) is 7.93. The summed E-state index contributed by atoms with van der Waals surface area (Å²) in [5, 5.41) is 17.2. The fourth-order valence-electron chi connectivity index (χ4n) is 1.53. The van der Waals surface area contributed by atoms with E-state index in [9.17, 15) is 14.4 Å². The third-order valence-electron chi connectivity index (χ3n) is 2.48. The SMILES string of the molecule is Cn1ccc(CCNC(=O)NC(=O)CCCC(=O)O)n1. The van der Waals surface area contributed by atoms with E-state index in [-0.39, 0.29) is 19.3 Å². The van der Waals surface area contributed by atoms with Gasteiger partial charge in [0, 0.05) is 39.1 Å². The fraction of sp³-hybridized carbons (Fsp3) is 0.500. The van der Waals surface area contributed by atoms with Crippen LogP contribution in [0.4, 0.5) is 4.79 Å². The number of rotatable bonds is 7. The van der Waals surface area contributed by atoms with E-state index >= 15 is 0 Å². The lowest BCUT2D eigenvalue weighted by molar-refractivity contribution is -0.137. The maximum absolute atomic E-state index is 11.4. The third kappa shape index (κ3) is 6.53. The van der Waals surface area contributed by atoms with E-state index in [4.69, 9.17) is 5.11 Å². The van der Waals surface area contributed by atoms with E-state index in [1.807, 2.05) is 6.07 Å². The topological polar surface area (TPSA) is 113 Å². The van der Waals surface area contributed by atoms with Crippen molar-refractivity contribution < 1.29 is 19.5 Å². The molecule has 0 bridgehead atoms. The summed E-state index contributed by atoms with van der Waals surface area (Å²) in [6.45, 7) is 0.366. The molecule has 3 N–H and O–H groups in total. The molecule has 3 amide bonds. The Bertz CT molecular complexity index is 484. The Morgan fingerprint density at radius 3 is 2.70 bits per heavy atom. The molecule has 0 spiro atoms. The molecule has 1 rings (SSSR count). The fourth-order valence-corrected chi connectivity index (χ4v) is 1.53. The predicted molar refractivity (Wildman–Crippen MR) is 69.9 cm³/mol. The van der Waals surface area contributed by atoms with Crippen LogP contribution in [0.2, 0.25) is 0 Å². The highest BCUT2D eigenvalue weighted by Crippen LogP contribution is 1.95. The van der Waals surface area contributed by atoms with Gasteiger partial charge in [0.25, 0.3) is 0 Å². The van der Waals surface area contributed by atoms with Gasteiger partial charge in [-0.25, -0.2) is 4.79 Å². The Morgan fingerprint density at radius 2 is 2.10 bits per heavy atom. The van der Waals surface area contributed by atoms with Crippen molar-refractivity contribution in [2.45, 2.75) is 25.7 Å². The first kappa shape index (κ1) is 15.7. The Kier molecular flexibility index (Phi) is 6.21. The zero-order chi connectivity index (χ0) is 15.0. The molecule has 1 aromatic rings. The first-order valence-corrected chi connectivity index (χ1v) is 6.25. The molecule has 0 aliphatic carbocycles. The average Bonchev–Trinajstić information content (AvgIpc) is 2.74. The number of hydrogen-bond donors (Lipinski definition) is 3. The molecule has 0 atom stereocenters. The Labute approximate surface area is 116 Å². The summed E-state index contributed by atoms with van der Waals surface area (Å²) in [5.41, 5.74) is 0.848. The number of nitrogens with one attached hydrogen (secondary N) is 2. The summed E-state index contributed by atoms with van der Waals surface area (Å²) in [5.74, 6) is -1.45. The average molecular weight is 282 g/mol. The van der Waals surface area contributed by atoms with Crippen molar-refractivity contribution in [3.8, 4) is 0 Å². The van der Waals surface area contributed by atoms with Crippen LogP contribution in [0, 0.1) is 0 Å². The predicted octanol–water partition coefficient (Wildman–Crippen LogP) is 0.0433. The molecule has 0 aliphatic rings. The van der Waals surface area contributed by atoms with Crippen molar-refractivity contribution in [2.24, 2.45) is 7.05 Å². The summed E-state index contributed by atoms with van der Waals surface area (Å²) in [6, 6.07) is 1.26. The van der Waals surface area contributed by atoms with Crippen LogP contribution < -0.4 is 10.6 Å². The molecule has 0 aromatic carbocycles. The van der Waals surface area contributed by atoms with Crippen molar-refractivity contribution in [1.82, 2.24) is 20.4 Å². The van der Waals surface area contributed by atoms with Crippen LogP contribution in [-0.4, -0.2) is 39.3 Å². The molecule has 1 heterocycles. The van der Waals surface area contributed by atoms with Crippen LogP contribution in [0.5, 0.6) is 0 Å². The Hall–Kier alpha value is -2.38. The number of amides is 3. The number of nitrogens with zero attached hydrogens (tertiary/aromatic N) is 2. The van der Waals surface area contributed by atoms with Gasteiger partial charge in [-0.2, -0.15) is 5.10 Å². The second-order valence-electron chi connectivity index (χ2n) is 4.28. The number of imide groups is 1. The van der Waals surface area contributed by atoms with Crippen LogP contribution in [0.3, 0.4) is 0 Å². The molecule has 0 unspecified atom stereocenters. The second-order valence-corrected chi connectivity index (χ2v) is 4.28. The van der Waals surface area contributed by atoms with Crippen LogP contribution in [0.1, 0.15) is 25.0 Å². The zero-order valence-electron chi connectivity index (χ0n) is 11.3. The maximum Gasteiger partial charge on any atom is 0.321 e. The first-order valence-electron chi connectivity index (χ1n) is 6.25. The molecular formula is C12H18N4O4. The molecule has 0 saturated carbocycles. The molecule has 0 radical (unpaired) electrons. The summed E-state index contributed by atoms with van der Waals surface area (Å²) >= 11 is 0. The molecule has 8 heteroatoms. The summed E-state index contributed by atoms with van der Waals surface area (Å²) < 4.78 is 1.67. The molecule has 0 saturated heterocycles. The van der Waals surface area contributed by atoms with E-state index < -0.39 is 17.9 Å². The summed E-state index contributed by atoms with van der Waals surface area (Å²) in [6.07, 6.45) is 2.51. The third-order valence-corrected chi connectivity index (χ3v) is 2.48. The number of hydrogen-bond acceptors (Lipinski definition) is 4. The minimum Gasteiger partial charge on any atom is -0.481 e. The van der Waals surface area contributed by atoms with Gasteiger partial charge in [-0.1, -0.05) is 0 Å². The van der Waals surface area contributed by atoms with Gasteiger partial charge in [0.15, 0.2) is 0 Å². The van der Waals surface area contributed by atoms with Crippen LogP contribution in [0.25, 0.3) is 0 Å². The number of carboxylic acid groups (broad SMARTS) is 1. The minimum absolute atomic E-state index is 0.0139. The zero-order valence-corrected chi connectivity index (χ0v) is 11.3. The number of urea groups is 1. The van der Waals surface area contributed by atoms with Crippen molar-refractivity contribution >= 4 is 17.9 Å². The van der Waals surface area contributed by atoms with Crippen molar-refractivity contribution in [1.29, 1.82) is 0 Å². The number of carbonyl (C=O) groups excluding carboxylic acids is 2. The Balaban J connectivity index is 2.13. The van der Waals surface area contributed by atoms with E-state index in [0.717, 1.165) is 5.69 Å². The van der Waals surface area contributed by atoms with E-state index in [1.54, 1.807) is 17.9 Å². The Morgan fingerprint density at radius 1 is 1.35 bits per heavy atom. The quantitative estimate of drug-likeness (QED) is 0.653. The first-order chi connectivity index (χ1) is 9.47. The lowest BCUT2D eigenvalue weighted by Gasteiger charge is -2.05. The van der Waals surface area contributed by atoms with Crippen molar-refractivity contribution in [3.05, 3.63) is 18.0 Å². The molecule has 0 aliphatic heterocycles.